The Hall–Kier alpha value is -3.55. The van der Waals surface area contributed by atoms with Crippen LogP contribution in [0.5, 0.6) is 5.75 Å². The first kappa shape index (κ1) is 15.9. The molecule has 7 nitrogen and oxygen atoms in total. The summed E-state index contributed by atoms with van der Waals surface area (Å²) in [6, 6.07) is 8.91. The lowest BCUT2D eigenvalue weighted by Crippen LogP contribution is -1.99. The number of hydrogen-bond donors (Lipinski definition) is 0. The van der Waals surface area contributed by atoms with Crippen molar-refractivity contribution >= 4 is 0 Å². The molecule has 4 rings (SSSR count). The molecular weight excluding hydrogens is 335 g/mol. The lowest BCUT2D eigenvalue weighted by Gasteiger charge is -2.10. The molecular formula is C18H15FN6O. The first-order valence-corrected chi connectivity index (χ1v) is 7.88. The van der Waals surface area contributed by atoms with Gasteiger partial charge in [0.25, 0.3) is 0 Å². The number of imidazole rings is 1. The Labute approximate surface area is 148 Å². The Morgan fingerprint density at radius 1 is 1.08 bits per heavy atom. The Balaban J connectivity index is 1.72. The van der Waals surface area contributed by atoms with Crippen molar-refractivity contribution in [1.29, 1.82) is 0 Å². The number of ether oxygens (including phenoxy) is 1. The second kappa shape index (κ2) is 6.40. The molecule has 0 saturated carbocycles. The third kappa shape index (κ3) is 2.81. The average molecular weight is 350 g/mol. The van der Waals surface area contributed by atoms with Gasteiger partial charge in [0, 0.05) is 18.0 Å². The zero-order valence-electron chi connectivity index (χ0n) is 14.2. The van der Waals surface area contributed by atoms with Crippen LogP contribution in [0.25, 0.3) is 22.6 Å². The normalized spacial score (nSPS) is 10.9. The van der Waals surface area contributed by atoms with Crippen LogP contribution < -0.4 is 4.74 Å². The van der Waals surface area contributed by atoms with Crippen molar-refractivity contribution < 1.29 is 9.13 Å². The lowest BCUT2D eigenvalue weighted by molar-refractivity contribution is 0.413. The van der Waals surface area contributed by atoms with Crippen molar-refractivity contribution in [2.45, 2.75) is 6.92 Å². The molecule has 0 radical (unpaired) electrons. The van der Waals surface area contributed by atoms with E-state index in [2.05, 4.69) is 20.3 Å². The Morgan fingerprint density at radius 2 is 1.96 bits per heavy atom. The molecule has 0 bridgehead atoms. The fourth-order valence-corrected chi connectivity index (χ4v) is 2.67. The highest BCUT2D eigenvalue weighted by molar-refractivity contribution is 5.65. The highest BCUT2D eigenvalue weighted by Gasteiger charge is 2.12. The molecule has 3 heterocycles. The molecule has 0 saturated heterocycles. The molecule has 4 aromatic rings. The SMILES string of the molecule is COc1cc(-c2cn(-c3cccnc3F)nn2)ccc1-n1cnc(C)c1. The fourth-order valence-electron chi connectivity index (χ4n) is 2.67. The number of pyridine rings is 1. The molecule has 0 aliphatic heterocycles. The minimum Gasteiger partial charge on any atom is -0.495 e. The quantitative estimate of drug-likeness (QED) is 0.529. The summed E-state index contributed by atoms with van der Waals surface area (Å²) in [6.07, 6.45) is 6.68. The monoisotopic (exact) mass is 350 g/mol. The number of methoxy groups -OCH3 is 1. The van der Waals surface area contributed by atoms with Gasteiger partial charge in [-0.15, -0.1) is 5.10 Å². The molecule has 0 amide bonds. The van der Waals surface area contributed by atoms with Gasteiger partial charge in [0.2, 0.25) is 5.95 Å². The predicted molar refractivity (Wildman–Crippen MR) is 93.0 cm³/mol. The first-order chi connectivity index (χ1) is 12.7. The lowest BCUT2D eigenvalue weighted by atomic mass is 10.1. The Bertz CT molecular complexity index is 1070. The molecule has 0 fully saturated rings. The van der Waals surface area contributed by atoms with Crippen LogP contribution in [0.2, 0.25) is 0 Å². The van der Waals surface area contributed by atoms with Gasteiger partial charge in [0.15, 0.2) is 0 Å². The summed E-state index contributed by atoms with van der Waals surface area (Å²) in [5, 5.41) is 8.12. The smallest absolute Gasteiger partial charge is 0.238 e. The number of aromatic nitrogens is 6. The predicted octanol–water partition coefficient (Wildman–Crippen LogP) is 2.97. The number of rotatable bonds is 4. The summed E-state index contributed by atoms with van der Waals surface area (Å²) < 4.78 is 22.6. The third-order valence-corrected chi connectivity index (χ3v) is 3.94. The van der Waals surface area contributed by atoms with Crippen molar-refractivity contribution in [2.24, 2.45) is 0 Å². The highest BCUT2D eigenvalue weighted by Crippen LogP contribution is 2.29. The van der Waals surface area contributed by atoms with Gasteiger partial charge in [0.05, 0.1) is 31.0 Å². The summed E-state index contributed by atoms with van der Waals surface area (Å²) >= 11 is 0. The molecule has 3 aromatic heterocycles. The number of hydrogen-bond acceptors (Lipinski definition) is 5. The molecule has 0 N–H and O–H groups in total. The second-order valence-corrected chi connectivity index (χ2v) is 5.67. The van der Waals surface area contributed by atoms with Crippen molar-refractivity contribution in [2.75, 3.05) is 7.11 Å². The second-order valence-electron chi connectivity index (χ2n) is 5.67. The van der Waals surface area contributed by atoms with E-state index < -0.39 is 5.95 Å². The van der Waals surface area contributed by atoms with E-state index in [1.54, 1.807) is 31.8 Å². The van der Waals surface area contributed by atoms with E-state index in [-0.39, 0.29) is 5.69 Å². The fraction of sp³-hybridized carbons (Fsp3) is 0.111. The van der Waals surface area contributed by atoms with Crippen LogP contribution in [0.1, 0.15) is 5.69 Å². The zero-order chi connectivity index (χ0) is 18.1. The van der Waals surface area contributed by atoms with E-state index in [1.165, 1.54) is 10.9 Å². The van der Waals surface area contributed by atoms with Crippen molar-refractivity contribution in [3.63, 3.8) is 0 Å². The standard InChI is InChI=1S/C18H15FN6O/c1-12-9-24(11-21-12)15-6-5-13(8-17(15)26-2)14-10-25(23-22-14)16-4-3-7-20-18(16)19/h3-11H,1-2H3. The first-order valence-electron chi connectivity index (χ1n) is 7.88. The van der Waals surface area contributed by atoms with Crippen LogP contribution in [0.3, 0.4) is 0 Å². The Morgan fingerprint density at radius 3 is 2.69 bits per heavy atom. The van der Waals surface area contributed by atoms with Gasteiger partial charge >= 0.3 is 0 Å². The largest absolute Gasteiger partial charge is 0.495 e. The van der Waals surface area contributed by atoms with Crippen LogP contribution in [0, 0.1) is 12.9 Å². The van der Waals surface area contributed by atoms with Gasteiger partial charge in [-0.05, 0) is 31.2 Å². The highest BCUT2D eigenvalue weighted by atomic mass is 19.1. The summed E-state index contributed by atoms with van der Waals surface area (Å²) in [7, 11) is 1.61. The van der Waals surface area contributed by atoms with Crippen LogP contribution in [-0.2, 0) is 0 Å². The van der Waals surface area contributed by atoms with Crippen LogP contribution in [0.4, 0.5) is 4.39 Å². The molecule has 1 aromatic carbocycles. The summed E-state index contributed by atoms with van der Waals surface area (Å²) in [5.41, 5.74) is 3.42. The van der Waals surface area contributed by atoms with Crippen LogP contribution >= 0.6 is 0 Å². The molecule has 0 unspecified atom stereocenters. The minimum atomic E-state index is -0.604. The number of halogens is 1. The maximum Gasteiger partial charge on any atom is 0.238 e. The topological polar surface area (TPSA) is 70.7 Å². The van der Waals surface area contributed by atoms with E-state index in [1.807, 2.05) is 35.9 Å². The van der Waals surface area contributed by atoms with Gasteiger partial charge in [-0.25, -0.2) is 14.6 Å². The maximum atomic E-state index is 13.8. The molecule has 130 valence electrons. The van der Waals surface area contributed by atoms with Crippen LogP contribution in [0.15, 0.2) is 55.2 Å². The van der Waals surface area contributed by atoms with Crippen LogP contribution in [-0.4, -0.2) is 36.6 Å². The van der Waals surface area contributed by atoms with Crippen molar-refractivity contribution in [1.82, 2.24) is 29.5 Å². The maximum absolute atomic E-state index is 13.8. The zero-order valence-corrected chi connectivity index (χ0v) is 14.2. The summed E-state index contributed by atoms with van der Waals surface area (Å²) in [6.45, 7) is 1.92. The average Bonchev–Trinajstić information content (AvgIpc) is 3.31. The number of nitrogens with zero attached hydrogens (tertiary/aromatic N) is 6. The van der Waals surface area contributed by atoms with Gasteiger partial charge in [-0.2, -0.15) is 4.39 Å². The van der Waals surface area contributed by atoms with Gasteiger partial charge in [-0.1, -0.05) is 11.3 Å². The molecule has 8 heteroatoms. The van der Waals surface area contributed by atoms with Crippen molar-refractivity contribution in [3.8, 4) is 28.4 Å². The summed E-state index contributed by atoms with van der Waals surface area (Å²) in [4.78, 5) is 7.86. The molecule has 26 heavy (non-hydrogen) atoms. The summed E-state index contributed by atoms with van der Waals surface area (Å²) in [5.74, 6) is 0.0642. The molecule has 0 atom stereocenters. The number of benzene rings is 1. The molecule has 0 spiro atoms. The van der Waals surface area contributed by atoms with Gasteiger partial charge in [0.1, 0.15) is 17.1 Å². The number of aryl methyl sites for hydroxylation is 1. The van der Waals surface area contributed by atoms with Crippen molar-refractivity contribution in [3.05, 3.63) is 66.9 Å². The molecule has 0 aliphatic rings. The van der Waals surface area contributed by atoms with Gasteiger partial charge < -0.3 is 9.30 Å². The van der Waals surface area contributed by atoms with Gasteiger partial charge in [-0.3, -0.25) is 0 Å². The third-order valence-electron chi connectivity index (χ3n) is 3.94. The van der Waals surface area contributed by atoms with E-state index in [4.69, 9.17) is 4.74 Å². The Kier molecular flexibility index (Phi) is 3.92. The van der Waals surface area contributed by atoms with E-state index >= 15 is 0 Å². The molecule has 0 aliphatic carbocycles. The minimum absolute atomic E-state index is 0.240. The van der Waals surface area contributed by atoms with E-state index in [0.29, 0.717) is 11.4 Å². The van der Waals surface area contributed by atoms with E-state index in [9.17, 15) is 4.39 Å². The van der Waals surface area contributed by atoms with E-state index in [0.717, 1.165) is 16.9 Å².